The lowest BCUT2D eigenvalue weighted by Gasteiger charge is -2.32. The molecule has 0 radical (unpaired) electrons. The summed E-state index contributed by atoms with van der Waals surface area (Å²) < 4.78 is 5.52. The number of rotatable bonds is 5. The van der Waals surface area contributed by atoms with E-state index in [1.807, 2.05) is 7.05 Å². The van der Waals surface area contributed by atoms with Crippen LogP contribution in [0.15, 0.2) is 10.6 Å². The highest BCUT2D eigenvalue weighted by atomic mass is 16.4. The molecule has 3 rings (SSSR count). The van der Waals surface area contributed by atoms with Gasteiger partial charge in [0.1, 0.15) is 5.76 Å². The molecule has 2 saturated carbocycles. The molecule has 126 valence electrons. The molecule has 0 spiro atoms. The second-order valence-corrected chi connectivity index (χ2v) is 6.80. The number of aromatic nitrogens is 1. The van der Waals surface area contributed by atoms with Gasteiger partial charge in [-0.1, -0.05) is 19.3 Å². The van der Waals surface area contributed by atoms with Crippen molar-refractivity contribution in [2.24, 2.45) is 0 Å². The van der Waals surface area contributed by atoms with Gasteiger partial charge in [0.15, 0.2) is 0 Å². The van der Waals surface area contributed by atoms with Crippen LogP contribution in [-0.4, -0.2) is 53.3 Å². The van der Waals surface area contributed by atoms with Crippen LogP contribution < -0.4 is 0 Å². The summed E-state index contributed by atoms with van der Waals surface area (Å²) in [6.07, 6.45) is 9.56. The van der Waals surface area contributed by atoms with Gasteiger partial charge in [-0.3, -0.25) is 9.59 Å². The maximum atomic E-state index is 12.4. The number of carbonyl (C=O) groups excluding carboxylic acids is 2. The van der Waals surface area contributed by atoms with Crippen molar-refractivity contribution in [1.82, 2.24) is 14.8 Å². The number of amides is 2. The van der Waals surface area contributed by atoms with Crippen LogP contribution in [0.3, 0.4) is 0 Å². The number of likely N-dealkylation sites (N-methyl/N-ethyl adjacent to an activating group) is 2. The van der Waals surface area contributed by atoms with Gasteiger partial charge in [0.2, 0.25) is 5.91 Å². The van der Waals surface area contributed by atoms with Crippen molar-refractivity contribution >= 4 is 11.8 Å². The average molecular weight is 319 g/mol. The second-order valence-electron chi connectivity index (χ2n) is 6.80. The third kappa shape index (κ3) is 3.74. The fourth-order valence-corrected chi connectivity index (χ4v) is 3.16. The van der Waals surface area contributed by atoms with Crippen LogP contribution in [0.1, 0.15) is 67.3 Å². The molecule has 0 aromatic carbocycles. The first-order valence-corrected chi connectivity index (χ1v) is 8.53. The van der Waals surface area contributed by atoms with Crippen molar-refractivity contribution in [1.29, 1.82) is 0 Å². The third-order valence-electron chi connectivity index (χ3n) is 4.92. The molecule has 0 unspecified atom stereocenters. The van der Waals surface area contributed by atoms with Gasteiger partial charge in [0.25, 0.3) is 5.89 Å². The average Bonchev–Trinajstić information content (AvgIpc) is 3.31. The first-order chi connectivity index (χ1) is 11.1. The maximum Gasteiger partial charge on any atom is 0.309 e. The van der Waals surface area contributed by atoms with E-state index in [2.05, 4.69) is 4.98 Å². The molecule has 2 aliphatic rings. The Morgan fingerprint density at radius 1 is 1.17 bits per heavy atom. The summed E-state index contributed by atoms with van der Waals surface area (Å²) >= 11 is 0. The van der Waals surface area contributed by atoms with Crippen LogP contribution in [0.4, 0.5) is 0 Å². The number of nitrogens with zero attached hydrogens (tertiary/aromatic N) is 3. The van der Waals surface area contributed by atoms with E-state index in [0.29, 0.717) is 12.0 Å². The Morgan fingerprint density at radius 2 is 1.87 bits per heavy atom. The van der Waals surface area contributed by atoms with E-state index in [0.717, 1.165) is 31.4 Å². The molecule has 0 bridgehead atoms. The van der Waals surface area contributed by atoms with Crippen molar-refractivity contribution in [3.8, 4) is 0 Å². The van der Waals surface area contributed by atoms with Gasteiger partial charge < -0.3 is 14.2 Å². The van der Waals surface area contributed by atoms with Crippen LogP contribution >= 0.6 is 0 Å². The third-order valence-corrected chi connectivity index (χ3v) is 4.92. The summed E-state index contributed by atoms with van der Waals surface area (Å²) in [5.41, 5.74) is 0. The highest BCUT2D eigenvalue weighted by molar-refractivity contribution is 5.92. The van der Waals surface area contributed by atoms with Crippen LogP contribution in [0.5, 0.6) is 0 Å². The SMILES string of the molecule is CN(CC(=O)N(C)C1CCCCC1)C(=O)c1ncc(C2CC2)o1. The maximum absolute atomic E-state index is 12.4. The van der Waals surface area contributed by atoms with Crippen LogP contribution in [-0.2, 0) is 4.79 Å². The Balaban J connectivity index is 1.55. The highest BCUT2D eigenvalue weighted by Gasteiger charge is 2.30. The largest absolute Gasteiger partial charge is 0.437 e. The predicted molar refractivity (Wildman–Crippen MR) is 85.1 cm³/mol. The zero-order valence-electron chi connectivity index (χ0n) is 14.0. The molecule has 0 N–H and O–H groups in total. The number of carbonyl (C=O) groups is 2. The van der Waals surface area contributed by atoms with Gasteiger partial charge in [0.05, 0.1) is 12.7 Å². The molecule has 1 heterocycles. The summed E-state index contributed by atoms with van der Waals surface area (Å²) in [5.74, 6) is 0.937. The fraction of sp³-hybridized carbons (Fsp3) is 0.706. The monoisotopic (exact) mass is 319 g/mol. The number of hydrogen-bond donors (Lipinski definition) is 0. The molecule has 1 aromatic heterocycles. The van der Waals surface area contributed by atoms with Crippen molar-refractivity contribution in [2.75, 3.05) is 20.6 Å². The molecule has 6 nitrogen and oxygen atoms in total. The molecule has 2 amide bonds. The Labute approximate surface area is 136 Å². The van der Waals surface area contributed by atoms with Crippen LogP contribution in [0, 0.1) is 0 Å². The summed E-state index contributed by atoms with van der Waals surface area (Å²) in [7, 11) is 3.46. The second kappa shape index (κ2) is 6.72. The lowest BCUT2D eigenvalue weighted by atomic mass is 9.94. The molecule has 0 saturated heterocycles. The van der Waals surface area contributed by atoms with Gasteiger partial charge in [-0.15, -0.1) is 0 Å². The summed E-state index contributed by atoms with van der Waals surface area (Å²) in [4.78, 5) is 32.0. The van der Waals surface area contributed by atoms with Gasteiger partial charge in [-0.05, 0) is 25.7 Å². The smallest absolute Gasteiger partial charge is 0.309 e. The van der Waals surface area contributed by atoms with Crippen LogP contribution in [0.25, 0.3) is 0 Å². The fourth-order valence-electron chi connectivity index (χ4n) is 3.16. The Hall–Kier alpha value is -1.85. The normalized spacial score (nSPS) is 18.7. The standard InChI is InChI=1S/C17H25N3O3/c1-19(11-15(21)20(2)13-6-4-3-5-7-13)17(22)16-18-10-14(23-16)12-8-9-12/h10,12-13H,3-9,11H2,1-2H3. The van der Waals surface area contributed by atoms with Crippen molar-refractivity contribution in [3.05, 3.63) is 17.8 Å². The molecule has 2 fully saturated rings. The summed E-state index contributed by atoms with van der Waals surface area (Å²) in [6.45, 7) is 0.0625. The van der Waals surface area contributed by atoms with E-state index in [-0.39, 0.29) is 24.2 Å². The molecule has 23 heavy (non-hydrogen) atoms. The first-order valence-electron chi connectivity index (χ1n) is 8.53. The lowest BCUT2D eigenvalue weighted by Crippen LogP contribution is -2.44. The molecule has 2 aliphatic carbocycles. The van der Waals surface area contributed by atoms with Gasteiger partial charge in [-0.2, -0.15) is 0 Å². The van der Waals surface area contributed by atoms with E-state index in [4.69, 9.17) is 4.42 Å². The molecular formula is C17H25N3O3. The molecule has 0 atom stereocenters. The Bertz CT molecular complexity index is 573. The zero-order chi connectivity index (χ0) is 16.4. The first kappa shape index (κ1) is 16.0. The van der Waals surface area contributed by atoms with Gasteiger partial charge >= 0.3 is 5.91 Å². The molecule has 6 heteroatoms. The zero-order valence-corrected chi connectivity index (χ0v) is 14.0. The Morgan fingerprint density at radius 3 is 2.52 bits per heavy atom. The topological polar surface area (TPSA) is 66.7 Å². The minimum Gasteiger partial charge on any atom is -0.437 e. The van der Waals surface area contributed by atoms with Crippen molar-refractivity contribution < 1.29 is 14.0 Å². The molecular weight excluding hydrogens is 294 g/mol. The van der Waals surface area contributed by atoms with E-state index >= 15 is 0 Å². The van der Waals surface area contributed by atoms with E-state index < -0.39 is 0 Å². The van der Waals surface area contributed by atoms with Crippen molar-refractivity contribution in [3.63, 3.8) is 0 Å². The number of hydrogen-bond acceptors (Lipinski definition) is 4. The van der Waals surface area contributed by atoms with E-state index in [1.165, 1.54) is 24.2 Å². The van der Waals surface area contributed by atoms with Crippen LogP contribution in [0.2, 0.25) is 0 Å². The highest BCUT2D eigenvalue weighted by Crippen LogP contribution is 2.40. The predicted octanol–water partition coefficient (Wildman–Crippen LogP) is 2.42. The quantitative estimate of drug-likeness (QED) is 0.836. The summed E-state index contributed by atoms with van der Waals surface area (Å²) in [6, 6.07) is 0.308. The minimum absolute atomic E-state index is 0.0262. The lowest BCUT2D eigenvalue weighted by molar-refractivity contribution is -0.133. The molecule has 1 aromatic rings. The van der Waals surface area contributed by atoms with E-state index in [1.54, 1.807) is 18.1 Å². The van der Waals surface area contributed by atoms with E-state index in [9.17, 15) is 9.59 Å². The molecule has 0 aliphatic heterocycles. The van der Waals surface area contributed by atoms with Crippen molar-refractivity contribution in [2.45, 2.75) is 56.9 Å². The Kier molecular flexibility index (Phi) is 4.68. The van der Waals surface area contributed by atoms with Gasteiger partial charge in [-0.25, -0.2) is 4.98 Å². The number of oxazole rings is 1. The summed E-state index contributed by atoms with van der Waals surface area (Å²) in [5, 5.41) is 0. The van der Waals surface area contributed by atoms with Gasteiger partial charge in [0, 0.05) is 26.1 Å². The minimum atomic E-state index is -0.331.